The summed E-state index contributed by atoms with van der Waals surface area (Å²) in [4.78, 5) is 22.5. The van der Waals surface area contributed by atoms with E-state index in [0.717, 1.165) is 65.8 Å². The third kappa shape index (κ3) is 6.93. The molecule has 1 aliphatic heterocycles. The fourth-order valence-corrected chi connectivity index (χ4v) is 4.58. The van der Waals surface area contributed by atoms with Crippen molar-refractivity contribution in [3.8, 4) is 17.1 Å². The Morgan fingerprint density at radius 1 is 1.10 bits per heavy atom. The number of hydrogen-bond acceptors (Lipinski definition) is 8. The van der Waals surface area contributed by atoms with Crippen LogP contribution in [0.1, 0.15) is 82.2 Å². The summed E-state index contributed by atoms with van der Waals surface area (Å²) in [7, 11) is 0. The number of rotatable bonds is 14. The molecule has 1 fully saturated rings. The highest BCUT2D eigenvalue weighted by atomic mass is 16.5. The number of aromatic nitrogens is 2. The topological polar surface area (TPSA) is 127 Å². The molecule has 1 aromatic heterocycles. The molecule has 0 atom stereocenters. The molecule has 2 aromatic carbocycles. The van der Waals surface area contributed by atoms with E-state index in [-0.39, 0.29) is 0 Å². The predicted octanol–water partition coefficient (Wildman–Crippen LogP) is 5.76. The first-order valence-corrected chi connectivity index (χ1v) is 14.3. The first kappa shape index (κ1) is 28.3. The number of ether oxygens (including phenoxy) is 1. The fourth-order valence-electron chi connectivity index (χ4n) is 4.58. The van der Waals surface area contributed by atoms with Crippen molar-refractivity contribution < 1.29 is 23.9 Å². The van der Waals surface area contributed by atoms with Crippen LogP contribution in [0.2, 0.25) is 0 Å². The van der Waals surface area contributed by atoms with Gasteiger partial charge in [0.15, 0.2) is 5.60 Å². The van der Waals surface area contributed by atoms with E-state index in [1.807, 2.05) is 41.3 Å². The minimum Gasteiger partial charge on any atom is -0.754 e. The molecule has 0 unspecified atom stereocenters. The number of hydroxylamine groups is 1. The number of aryl methyl sites for hydroxylation is 1. The summed E-state index contributed by atoms with van der Waals surface area (Å²) in [6, 6.07) is 15.5. The van der Waals surface area contributed by atoms with Crippen LogP contribution in [-0.2, 0) is 17.8 Å². The molecular weight excluding hydrogens is 522 g/mol. The van der Waals surface area contributed by atoms with Crippen LogP contribution in [0.5, 0.6) is 5.75 Å². The maximum Gasteiger partial charge on any atom is 0.351 e. The van der Waals surface area contributed by atoms with E-state index in [2.05, 4.69) is 22.1 Å². The SMILES string of the molecule is CCCCC1=NC(N(CCCc2ccc(OC(C)(C)C(=O)O)cc2)Cc2ccc(-c3noc(C4CC4)n3)cc2)=[N+]1[O-]. The monoisotopic (exact) mass is 559 g/mol. The maximum absolute atomic E-state index is 12.9. The number of carbonyl (C=O) groups is 1. The van der Waals surface area contributed by atoms with E-state index < -0.39 is 11.6 Å². The molecule has 0 bridgehead atoms. The number of hydrogen-bond donors (Lipinski definition) is 1. The molecule has 0 radical (unpaired) electrons. The minimum atomic E-state index is -1.30. The lowest BCUT2D eigenvalue weighted by molar-refractivity contribution is -0.352. The molecule has 0 saturated heterocycles. The lowest BCUT2D eigenvalue weighted by Gasteiger charge is -2.29. The van der Waals surface area contributed by atoms with Crippen LogP contribution in [0.4, 0.5) is 0 Å². The van der Waals surface area contributed by atoms with Crippen LogP contribution in [0.15, 0.2) is 58.0 Å². The van der Waals surface area contributed by atoms with Crippen LogP contribution in [0, 0.1) is 5.21 Å². The van der Waals surface area contributed by atoms with Crippen molar-refractivity contribution in [2.45, 2.75) is 83.8 Å². The van der Waals surface area contributed by atoms with Gasteiger partial charge in [0.05, 0.1) is 13.1 Å². The second-order valence-electron chi connectivity index (χ2n) is 11.2. The van der Waals surface area contributed by atoms with Crippen molar-refractivity contribution in [2.24, 2.45) is 4.99 Å². The average molecular weight is 560 g/mol. The van der Waals surface area contributed by atoms with Gasteiger partial charge in [-0.1, -0.05) is 59.9 Å². The largest absolute Gasteiger partial charge is 0.754 e. The lowest BCUT2D eigenvalue weighted by atomic mass is 10.1. The second kappa shape index (κ2) is 12.1. The zero-order valence-corrected chi connectivity index (χ0v) is 23.9. The summed E-state index contributed by atoms with van der Waals surface area (Å²) in [5.41, 5.74) is 1.76. The molecule has 1 N–H and O–H groups in total. The molecule has 10 nitrogen and oxygen atoms in total. The number of benzene rings is 2. The Bertz CT molecular complexity index is 1420. The summed E-state index contributed by atoms with van der Waals surface area (Å²) in [6.07, 6.45) is 6.46. The lowest BCUT2D eigenvalue weighted by Crippen LogP contribution is -2.44. The van der Waals surface area contributed by atoms with Gasteiger partial charge in [0.25, 0.3) is 0 Å². The molecule has 1 aliphatic carbocycles. The van der Waals surface area contributed by atoms with Crippen molar-refractivity contribution in [3.63, 3.8) is 0 Å². The van der Waals surface area contributed by atoms with E-state index in [0.29, 0.717) is 48.8 Å². The van der Waals surface area contributed by atoms with Crippen LogP contribution < -0.4 is 4.74 Å². The van der Waals surface area contributed by atoms with Gasteiger partial charge >= 0.3 is 11.9 Å². The Balaban J connectivity index is 1.22. The van der Waals surface area contributed by atoms with E-state index in [4.69, 9.17) is 9.26 Å². The van der Waals surface area contributed by atoms with Gasteiger partial charge in [-0.25, -0.2) is 9.53 Å². The summed E-state index contributed by atoms with van der Waals surface area (Å²) < 4.78 is 12.0. The Morgan fingerprint density at radius 3 is 2.44 bits per heavy atom. The Hall–Kier alpha value is -4.21. The highest BCUT2D eigenvalue weighted by molar-refractivity contribution is 5.99. The predicted molar refractivity (Wildman–Crippen MR) is 155 cm³/mol. The number of nitrogens with zero attached hydrogens (tertiary/aromatic N) is 5. The molecule has 3 aromatic rings. The summed E-state index contributed by atoms with van der Waals surface area (Å²) in [6.45, 7) is 6.35. The van der Waals surface area contributed by atoms with Crippen LogP contribution in [0.3, 0.4) is 0 Å². The number of unbranched alkanes of at least 4 members (excludes halogenated alkanes) is 1. The van der Waals surface area contributed by atoms with Gasteiger partial charge in [-0.2, -0.15) is 4.98 Å². The second-order valence-corrected chi connectivity index (χ2v) is 11.2. The van der Waals surface area contributed by atoms with E-state index in [1.54, 1.807) is 12.1 Å². The third-order valence-corrected chi connectivity index (χ3v) is 7.34. The third-order valence-electron chi connectivity index (χ3n) is 7.34. The molecular formula is C31H37N5O5. The van der Waals surface area contributed by atoms with Crippen molar-refractivity contribution in [1.29, 1.82) is 0 Å². The number of carboxylic acid groups (broad SMARTS) is 1. The Labute approximate surface area is 240 Å². The van der Waals surface area contributed by atoms with E-state index >= 15 is 0 Å². The average Bonchev–Trinajstić information content (AvgIpc) is 3.69. The summed E-state index contributed by atoms with van der Waals surface area (Å²) in [5.74, 6) is 2.26. The van der Waals surface area contributed by atoms with Gasteiger partial charge in [-0.15, -0.1) is 0 Å². The zero-order chi connectivity index (χ0) is 29.0. The maximum atomic E-state index is 12.9. The molecule has 1 saturated carbocycles. The fraction of sp³-hybridized carbons (Fsp3) is 0.452. The Morgan fingerprint density at radius 2 is 1.80 bits per heavy atom. The number of carboxylic acids is 1. The molecule has 2 heterocycles. The molecule has 5 rings (SSSR count). The highest BCUT2D eigenvalue weighted by Gasteiger charge is 2.31. The summed E-state index contributed by atoms with van der Waals surface area (Å²) in [5, 5.41) is 26.3. The van der Waals surface area contributed by atoms with Gasteiger partial charge in [0, 0.05) is 17.9 Å². The van der Waals surface area contributed by atoms with Gasteiger partial charge in [-0.05, 0) is 69.2 Å². The molecule has 0 spiro atoms. The normalized spacial score (nSPS) is 15.0. The van der Waals surface area contributed by atoms with Gasteiger partial charge in [-0.3, -0.25) is 4.90 Å². The number of guanidine groups is 1. The quantitative estimate of drug-likeness (QED) is 0.195. The highest BCUT2D eigenvalue weighted by Crippen LogP contribution is 2.39. The van der Waals surface area contributed by atoms with Crippen LogP contribution >= 0.6 is 0 Å². The minimum absolute atomic E-state index is 0.414. The summed E-state index contributed by atoms with van der Waals surface area (Å²) >= 11 is 0. The van der Waals surface area contributed by atoms with Crippen LogP contribution in [-0.4, -0.2) is 54.8 Å². The molecule has 10 heteroatoms. The molecule has 2 aliphatic rings. The molecule has 216 valence electrons. The first-order valence-electron chi connectivity index (χ1n) is 14.3. The number of aliphatic imine (C=N–C) groups is 1. The van der Waals surface area contributed by atoms with Crippen molar-refractivity contribution in [2.75, 3.05) is 6.54 Å². The van der Waals surface area contributed by atoms with Gasteiger partial charge in [0.1, 0.15) is 5.75 Å². The molecule has 41 heavy (non-hydrogen) atoms. The standard InChI is InChI=1S/C31H37N5O5/c1-4-5-8-26-32-30(36(26)39)35(19-6-7-21-11-17-25(18-12-21)40-31(2,3)29(37)38)20-22-9-13-23(14-10-22)27-33-28(41-34-27)24-15-16-24/h9-14,17-18,24H,4-8,15-16,19-20H2,1-3H3,(H,37,38). The first-order chi connectivity index (χ1) is 19.7. The number of aliphatic carboxylic acids is 1. The van der Waals surface area contributed by atoms with E-state index in [9.17, 15) is 15.1 Å². The van der Waals surface area contributed by atoms with Crippen molar-refractivity contribution >= 4 is 17.8 Å². The number of amidine groups is 1. The van der Waals surface area contributed by atoms with Crippen molar-refractivity contribution in [1.82, 2.24) is 15.0 Å². The van der Waals surface area contributed by atoms with Crippen LogP contribution in [0.25, 0.3) is 11.4 Å². The zero-order valence-electron chi connectivity index (χ0n) is 23.9. The molecule has 0 amide bonds. The van der Waals surface area contributed by atoms with Gasteiger partial charge < -0.3 is 19.6 Å². The van der Waals surface area contributed by atoms with E-state index in [1.165, 1.54) is 13.8 Å². The Kier molecular flexibility index (Phi) is 8.37. The van der Waals surface area contributed by atoms with Gasteiger partial charge in [0.2, 0.25) is 17.6 Å². The smallest absolute Gasteiger partial charge is 0.351 e. The van der Waals surface area contributed by atoms with Crippen molar-refractivity contribution in [3.05, 3.63) is 70.8 Å².